The van der Waals surface area contributed by atoms with Crippen molar-refractivity contribution in [3.8, 4) is 5.69 Å². The molecule has 2 aromatic heterocycles. The van der Waals surface area contributed by atoms with Crippen molar-refractivity contribution in [2.75, 3.05) is 13.6 Å². The lowest BCUT2D eigenvalue weighted by Gasteiger charge is -2.29. The molecule has 0 radical (unpaired) electrons. The van der Waals surface area contributed by atoms with Crippen LogP contribution in [0.1, 0.15) is 38.5 Å². The fourth-order valence-corrected chi connectivity index (χ4v) is 4.24. The number of aromatic nitrogens is 3. The summed E-state index contributed by atoms with van der Waals surface area (Å²) in [4.78, 5) is 27.9. The molecule has 4 aromatic rings. The smallest absolute Gasteiger partial charge is 0.267 e. The Bertz CT molecular complexity index is 1290. The standard InChI is InChI=1S/C28H31N5O2/c1-21-14-17-30-33(21)25-12-7-11-23(20-25)28(35)32(3)24(19-22-9-5-4-6-10-22)15-16-29-27(34)26-13-8-18-31(26)2/h4-14,17-18,20,24H,15-16,19H2,1-3H3,(H,29,34)/t24-/m1/s1. The number of aryl methyl sites for hydroxylation is 2. The van der Waals surface area contributed by atoms with E-state index in [2.05, 4.69) is 22.5 Å². The number of benzene rings is 2. The fourth-order valence-electron chi connectivity index (χ4n) is 4.24. The third-order valence-electron chi connectivity index (χ3n) is 6.29. The van der Waals surface area contributed by atoms with Crippen LogP contribution in [0, 0.1) is 6.92 Å². The van der Waals surface area contributed by atoms with Gasteiger partial charge in [-0.1, -0.05) is 36.4 Å². The van der Waals surface area contributed by atoms with Gasteiger partial charge in [-0.25, -0.2) is 4.68 Å². The molecule has 180 valence electrons. The highest BCUT2D eigenvalue weighted by atomic mass is 16.2. The van der Waals surface area contributed by atoms with Gasteiger partial charge in [-0.15, -0.1) is 0 Å². The lowest BCUT2D eigenvalue weighted by atomic mass is 10.0. The molecule has 0 saturated carbocycles. The van der Waals surface area contributed by atoms with Gasteiger partial charge >= 0.3 is 0 Å². The number of hydrogen-bond donors (Lipinski definition) is 1. The Labute approximate surface area is 206 Å². The van der Waals surface area contributed by atoms with Crippen molar-refractivity contribution in [3.05, 3.63) is 108 Å². The zero-order chi connectivity index (χ0) is 24.8. The van der Waals surface area contributed by atoms with E-state index in [-0.39, 0.29) is 17.9 Å². The van der Waals surface area contributed by atoms with Gasteiger partial charge < -0.3 is 14.8 Å². The van der Waals surface area contributed by atoms with E-state index in [0.29, 0.717) is 30.6 Å². The lowest BCUT2D eigenvalue weighted by molar-refractivity contribution is 0.0722. The number of amides is 2. The number of carbonyl (C=O) groups excluding carboxylic acids is 2. The molecule has 4 rings (SSSR count). The zero-order valence-corrected chi connectivity index (χ0v) is 20.4. The molecule has 2 heterocycles. The molecule has 0 fully saturated rings. The molecule has 2 aromatic carbocycles. The number of nitrogens with zero attached hydrogens (tertiary/aromatic N) is 4. The number of nitrogens with one attached hydrogen (secondary N) is 1. The summed E-state index contributed by atoms with van der Waals surface area (Å²) in [6.07, 6.45) is 4.92. The van der Waals surface area contributed by atoms with Crippen LogP contribution in [0.5, 0.6) is 0 Å². The van der Waals surface area contributed by atoms with E-state index in [0.717, 1.165) is 16.9 Å². The summed E-state index contributed by atoms with van der Waals surface area (Å²) in [7, 11) is 3.68. The Hall–Kier alpha value is -4.13. The van der Waals surface area contributed by atoms with Gasteiger partial charge in [-0.2, -0.15) is 5.10 Å². The first-order chi connectivity index (χ1) is 16.9. The van der Waals surface area contributed by atoms with Crippen LogP contribution in [-0.2, 0) is 13.5 Å². The molecular weight excluding hydrogens is 438 g/mol. The fraction of sp³-hybridized carbons (Fsp3) is 0.250. The maximum absolute atomic E-state index is 13.5. The quantitative estimate of drug-likeness (QED) is 0.402. The van der Waals surface area contributed by atoms with Gasteiger partial charge in [0.05, 0.1) is 5.69 Å². The Balaban J connectivity index is 1.50. The third-order valence-corrected chi connectivity index (χ3v) is 6.29. The highest BCUT2D eigenvalue weighted by Crippen LogP contribution is 2.17. The minimum absolute atomic E-state index is 0.0636. The van der Waals surface area contributed by atoms with Crippen molar-refractivity contribution in [2.24, 2.45) is 7.05 Å². The number of rotatable bonds is 9. The van der Waals surface area contributed by atoms with E-state index < -0.39 is 0 Å². The number of carbonyl (C=O) groups is 2. The van der Waals surface area contributed by atoms with Gasteiger partial charge in [0.2, 0.25) is 0 Å². The van der Waals surface area contributed by atoms with Crippen molar-refractivity contribution in [1.29, 1.82) is 0 Å². The van der Waals surface area contributed by atoms with Crippen LogP contribution in [-0.4, -0.2) is 50.7 Å². The summed E-state index contributed by atoms with van der Waals surface area (Å²) in [6.45, 7) is 2.44. The summed E-state index contributed by atoms with van der Waals surface area (Å²) in [6, 6.07) is 23.1. The second kappa shape index (κ2) is 10.9. The molecule has 35 heavy (non-hydrogen) atoms. The van der Waals surface area contributed by atoms with Crippen molar-refractivity contribution in [2.45, 2.75) is 25.8 Å². The molecule has 7 heteroatoms. The van der Waals surface area contributed by atoms with Crippen molar-refractivity contribution in [3.63, 3.8) is 0 Å². The topological polar surface area (TPSA) is 72.2 Å². The van der Waals surface area contributed by atoms with Gasteiger partial charge in [0.15, 0.2) is 0 Å². The maximum Gasteiger partial charge on any atom is 0.267 e. The third kappa shape index (κ3) is 5.69. The second-order valence-corrected chi connectivity index (χ2v) is 8.74. The molecule has 0 aliphatic heterocycles. The van der Waals surface area contributed by atoms with Gasteiger partial charge in [0.1, 0.15) is 5.69 Å². The number of hydrogen-bond acceptors (Lipinski definition) is 3. The molecule has 2 amide bonds. The lowest BCUT2D eigenvalue weighted by Crippen LogP contribution is -2.41. The van der Waals surface area contributed by atoms with Crippen LogP contribution in [0.2, 0.25) is 0 Å². The van der Waals surface area contributed by atoms with Crippen LogP contribution < -0.4 is 5.32 Å². The normalized spacial score (nSPS) is 11.7. The molecule has 0 aliphatic carbocycles. The summed E-state index contributed by atoms with van der Waals surface area (Å²) >= 11 is 0. The van der Waals surface area contributed by atoms with E-state index in [1.54, 1.807) is 21.7 Å². The predicted molar refractivity (Wildman–Crippen MR) is 137 cm³/mol. The van der Waals surface area contributed by atoms with Gasteiger partial charge in [-0.05, 0) is 61.7 Å². The molecule has 0 unspecified atom stereocenters. The van der Waals surface area contributed by atoms with E-state index in [1.165, 1.54) is 0 Å². The van der Waals surface area contributed by atoms with Crippen LogP contribution in [0.3, 0.4) is 0 Å². The van der Waals surface area contributed by atoms with E-state index in [1.807, 2.05) is 86.5 Å². The Morgan fingerprint density at radius 2 is 1.83 bits per heavy atom. The van der Waals surface area contributed by atoms with Crippen LogP contribution in [0.4, 0.5) is 0 Å². The molecule has 1 atom stereocenters. The summed E-state index contributed by atoms with van der Waals surface area (Å²) in [5.74, 6) is -0.182. The van der Waals surface area contributed by atoms with Crippen LogP contribution >= 0.6 is 0 Å². The molecule has 7 nitrogen and oxygen atoms in total. The average Bonchev–Trinajstić information content (AvgIpc) is 3.51. The van der Waals surface area contributed by atoms with Gasteiger partial charge in [0, 0.05) is 50.3 Å². The van der Waals surface area contributed by atoms with E-state index in [4.69, 9.17) is 0 Å². The SMILES string of the molecule is Cc1ccnn1-c1cccc(C(=O)N(C)[C@H](CCNC(=O)c2cccn2C)Cc2ccccc2)c1. The monoisotopic (exact) mass is 469 g/mol. The second-order valence-electron chi connectivity index (χ2n) is 8.74. The Morgan fingerprint density at radius 3 is 2.51 bits per heavy atom. The minimum atomic E-state index is -0.118. The van der Waals surface area contributed by atoms with Crippen LogP contribution in [0.15, 0.2) is 85.2 Å². The summed E-state index contributed by atoms with van der Waals surface area (Å²) in [5, 5.41) is 7.36. The van der Waals surface area contributed by atoms with E-state index in [9.17, 15) is 9.59 Å². The maximum atomic E-state index is 13.5. The Kier molecular flexibility index (Phi) is 7.45. The van der Waals surface area contributed by atoms with Crippen LogP contribution in [0.25, 0.3) is 5.69 Å². The van der Waals surface area contributed by atoms with Gasteiger partial charge in [0.25, 0.3) is 11.8 Å². The van der Waals surface area contributed by atoms with E-state index >= 15 is 0 Å². The molecule has 1 N–H and O–H groups in total. The molecule has 0 aliphatic rings. The molecule has 0 bridgehead atoms. The Morgan fingerprint density at radius 1 is 1.03 bits per heavy atom. The predicted octanol–water partition coefficient (Wildman–Crippen LogP) is 4.02. The van der Waals surface area contributed by atoms with Gasteiger partial charge in [-0.3, -0.25) is 9.59 Å². The highest BCUT2D eigenvalue weighted by molar-refractivity contribution is 5.95. The number of likely N-dealkylation sites (N-methyl/N-ethyl adjacent to an activating group) is 1. The first-order valence-corrected chi connectivity index (χ1v) is 11.8. The molecular formula is C28H31N5O2. The highest BCUT2D eigenvalue weighted by Gasteiger charge is 2.22. The van der Waals surface area contributed by atoms with Crippen molar-refractivity contribution >= 4 is 11.8 Å². The molecule has 0 saturated heterocycles. The van der Waals surface area contributed by atoms with Crippen molar-refractivity contribution < 1.29 is 9.59 Å². The minimum Gasteiger partial charge on any atom is -0.351 e. The molecule has 0 spiro atoms. The average molecular weight is 470 g/mol. The zero-order valence-electron chi connectivity index (χ0n) is 20.4. The first kappa shape index (κ1) is 24.0. The summed E-state index contributed by atoms with van der Waals surface area (Å²) in [5.41, 5.74) is 4.21. The first-order valence-electron chi connectivity index (χ1n) is 11.8. The largest absolute Gasteiger partial charge is 0.351 e. The van der Waals surface area contributed by atoms with Crippen molar-refractivity contribution in [1.82, 2.24) is 24.6 Å². The summed E-state index contributed by atoms with van der Waals surface area (Å²) < 4.78 is 3.61.